The molecular formula is C10H19NO2. The van der Waals surface area contributed by atoms with Crippen molar-refractivity contribution < 1.29 is 9.84 Å². The summed E-state index contributed by atoms with van der Waals surface area (Å²) >= 11 is 0. The summed E-state index contributed by atoms with van der Waals surface area (Å²) in [4.78, 5) is 0. The quantitative estimate of drug-likeness (QED) is 0.664. The van der Waals surface area contributed by atoms with E-state index in [1.165, 1.54) is 6.42 Å². The molecule has 0 aliphatic carbocycles. The van der Waals surface area contributed by atoms with E-state index in [9.17, 15) is 5.11 Å². The minimum Gasteiger partial charge on any atom is -0.389 e. The van der Waals surface area contributed by atoms with Gasteiger partial charge in [0.05, 0.1) is 18.3 Å². The van der Waals surface area contributed by atoms with E-state index in [2.05, 4.69) is 12.2 Å². The van der Waals surface area contributed by atoms with Gasteiger partial charge in [0.2, 0.25) is 0 Å². The van der Waals surface area contributed by atoms with Crippen LogP contribution < -0.4 is 5.32 Å². The normalized spacial score (nSPS) is 42.5. The van der Waals surface area contributed by atoms with Crippen molar-refractivity contribution in [1.82, 2.24) is 5.32 Å². The van der Waals surface area contributed by atoms with Crippen molar-refractivity contribution >= 4 is 0 Å². The predicted octanol–water partition coefficient (Wildman–Crippen LogP) is 0.667. The van der Waals surface area contributed by atoms with Crippen LogP contribution in [0.2, 0.25) is 0 Å². The molecule has 0 aromatic heterocycles. The number of hydrogen-bond acceptors (Lipinski definition) is 3. The number of aliphatic hydroxyl groups excluding tert-OH is 1. The standard InChI is InChI=1S/C10H19NO2/c1-7-4-5-9(13-7)10(12)8-3-2-6-11-8/h7-12H,2-6H2,1H3. The topological polar surface area (TPSA) is 41.5 Å². The maximum Gasteiger partial charge on any atom is 0.0954 e. The van der Waals surface area contributed by atoms with Crippen molar-refractivity contribution in [3.05, 3.63) is 0 Å². The lowest BCUT2D eigenvalue weighted by Crippen LogP contribution is -2.42. The Labute approximate surface area is 79.5 Å². The zero-order valence-corrected chi connectivity index (χ0v) is 8.20. The van der Waals surface area contributed by atoms with Gasteiger partial charge in [-0.25, -0.2) is 0 Å². The molecule has 0 saturated carbocycles. The van der Waals surface area contributed by atoms with Gasteiger partial charge in [-0.1, -0.05) is 0 Å². The lowest BCUT2D eigenvalue weighted by atomic mass is 10.0. The van der Waals surface area contributed by atoms with Gasteiger partial charge < -0.3 is 15.2 Å². The monoisotopic (exact) mass is 185 g/mol. The Morgan fingerprint density at radius 3 is 2.77 bits per heavy atom. The van der Waals surface area contributed by atoms with Crippen molar-refractivity contribution in [2.75, 3.05) is 6.54 Å². The maximum atomic E-state index is 9.98. The fourth-order valence-corrected chi connectivity index (χ4v) is 2.35. The average molecular weight is 185 g/mol. The minimum absolute atomic E-state index is 0.0746. The van der Waals surface area contributed by atoms with E-state index >= 15 is 0 Å². The molecule has 4 unspecified atom stereocenters. The Bertz CT molecular complexity index is 168. The van der Waals surface area contributed by atoms with Crippen LogP contribution in [0, 0.1) is 0 Å². The number of aliphatic hydroxyl groups is 1. The van der Waals surface area contributed by atoms with Gasteiger partial charge in [-0.05, 0) is 39.2 Å². The molecule has 0 radical (unpaired) electrons. The molecule has 0 bridgehead atoms. The van der Waals surface area contributed by atoms with Crippen molar-refractivity contribution in [2.24, 2.45) is 0 Å². The van der Waals surface area contributed by atoms with Gasteiger partial charge in [0.1, 0.15) is 0 Å². The van der Waals surface area contributed by atoms with Gasteiger partial charge in [-0.15, -0.1) is 0 Å². The summed E-state index contributed by atoms with van der Waals surface area (Å²) in [5.41, 5.74) is 0. The highest BCUT2D eigenvalue weighted by Crippen LogP contribution is 2.25. The summed E-state index contributed by atoms with van der Waals surface area (Å²) in [6.45, 7) is 3.12. The molecule has 2 N–H and O–H groups in total. The highest BCUT2D eigenvalue weighted by molar-refractivity contribution is 4.88. The number of rotatable bonds is 2. The SMILES string of the molecule is CC1CCC(C(O)C2CCCN2)O1. The highest BCUT2D eigenvalue weighted by Gasteiger charge is 2.34. The number of ether oxygens (including phenoxy) is 1. The largest absolute Gasteiger partial charge is 0.389 e. The Hall–Kier alpha value is -0.120. The second kappa shape index (κ2) is 3.95. The number of hydrogen-bond donors (Lipinski definition) is 2. The van der Waals surface area contributed by atoms with Crippen LogP contribution in [-0.4, -0.2) is 36.0 Å². The molecule has 2 saturated heterocycles. The van der Waals surface area contributed by atoms with E-state index in [4.69, 9.17) is 4.74 Å². The Balaban J connectivity index is 1.85. The summed E-state index contributed by atoms with van der Waals surface area (Å²) < 4.78 is 5.65. The zero-order chi connectivity index (χ0) is 9.26. The van der Waals surface area contributed by atoms with Gasteiger partial charge in [0.25, 0.3) is 0 Å². The molecule has 2 rings (SSSR count). The maximum absolute atomic E-state index is 9.98. The summed E-state index contributed by atoms with van der Waals surface area (Å²) in [6.07, 6.45) is 4.49. The third kappa shape index (κ3) is 2.03. The van der Waals surface area contributed by atoms with Crippen LogP contribution in [-0.2, 0) is 4.74 Å². The van der Waals surface area contributed by atoms with Gasteiger partial charge >= 0.3 is 0 Å². The lowest BCUT2D eigenvalue weighted by Gasteiger charge is -2.24. The lowest BCUT2D eigenvalue weighted by molar-refractivity contribution is -0.0409. The van der Waals surface area contributed by atoms with Crippen LogP contribution in [0.3, 0.4) is 0 Å². The molecule has 3 nitrogen and oxygen atoms in total. The van der Waals surface area contributed by atoms with Crippen LogP contribution >= 0.6 is 0 Å². The van der Waals surface area contributed by atoms with Crippen LogP contribution in [0.25, 0.3) is 0 Å². The van der Waals surface area contributed by atoms with Crippen LogP contribution in [0.1, 0.15) is 32.6 Å². The Kier molecular flexibility index (Phi) is 2.86. The first kappa shape index (κ1) is 9.44. The van der Waals surface area contributed by atoms with E-state index in [0.29, 0.717) is 6.10 Å². The van der Waals surface area contributed by atoms with Crippen molar-refractivity contribution in [3.8, 4) is 0 Å². The fraction of sp³-hybridized carbons (Fsp3) is 1.00. The molecule has 76 valence electrons. The second-order valence-electron chi connectivity index (χ2n) is 4.26. The van der Waals surface area contributed by atoms with Gasteiger partial charge in [-0.3, -0.25) is 0 Å². The first-order chi connectivity index (χ1) is 6.27. The fourth-order valence-electron chi connectivity index (χ4n) is 2.35. The van der Waals surface area contributed by atoms with Crippen molar-refractivity contribution in [2.45, 2.75) is 57.0 Å². The molecule has 0 aromatic rings. The van der Waals surface area contributed by atoms with Gasteiger partial charge in [0, 0.05) is 6.04 Å². The van der Waals surface area contributed by atoms with E-state index in [1.54, 1.807) is 0 Å². The smallest absolute Gasteiger partial charge is 0.0954 e. The summed E-state index contributed by atoms with van der Waals surface area (Å²) in [5, 5.41) is 13.3. The average Bonchev–Trinajstić information content (AvgIpc) is 2.72. The van der Waals surface area contributed by atoms with Crippen molar-refractivity contribution in [1.29, 1.82) is 0 Å². The molecule has 2 aliphatic rings. The molecule has 0 spiro atoms. The zero-order valence-electron chi connectivity index (χ0n) is 8.20. The molecule has 2 fully saturated rings. The van der Waals surface area contributed by atoms with Gasteiger partial charge in [0.15, 0.2) is 0 Å². The first-order valence-corrected chi connectivity index (χ1v) is 5.34. The van der Waals surface area contributed by atoms with Gasteiger partial charge in [-0.2, -0.15) is 0 Å². The van der Waals surface area contributed by atoms with Crippen LogP contribution in [0.5, 0.6) is 0 Å². The Morgan fingerprint density at radius 2 is 2.23 bits per heavy atom. The molecule has 13 heavy (non-hydrogen) atoms. The van der Waals surface area contributed by atoms with E-state index in [0.717, 1.165) is 25.8 Å². The minimum atomic E-state index is -0.299. The molecular weight excluding hydrogens is 166 g/mol. The first-order valence-electron chi connectivity index (χ1n) is 5.34. The Morgan fingerprint density at radius 1 is 1.38 bits per heavy atom. The molecule has 0 amide bonds. The second-order valence-corrected chi connectivity index (χ2v) is 4.26. The summed E-state index contributed by atoms with van der Waals surface area (Å²) in [7, 11) is 0. The van der Waals surface area contributed by atoms with E-state index in [-0.39, 0.29) is 18.2 Å². The molecule has 3 heteroatoms. The third-order valence-corrected chi connectivity index (χ3v) is 3.16. The molecule has 2 heterocycles. The predicted molar refractivity (Wildman–Crippen MR) is 50.6 cm³/mol. The van der Waals surface area contributed by atoms with Crippen molar-refractivity contribution in [3.63, 3.8) is 0 Å². The van der Waals surface area contributed by atoms with Crippen LogP contribution in [0.15, 0.2) is 0 Å². The summed E-state index contributed by atoms with van der Waals surface area (Å²) in [5.74, 6) is 0. The highest BCUT2D eigenvalue weighted by atomic mass is 16.5. The molecule has 4 atom stereocenters. The summed E-state index contributed by atoms with van der Waals surface area (Å²) in [6, 6.07) is 0.273. The van der Waals surface area contributed by atoms with Crippen LogP contribution in [0.4, 0.5) is 0 Å². The number of nitrogens with one attached hydrogen (secondary N) is 1. The molecule has 2 aliphatic heterocycles. The van der Waals surface area contributed by atoms with E-state index in [1.807, 2.05) is 0 Å². The van der Waals surface area contributed by atoms with E-state index < -0.39 is 0 Å². The molecule has 0 aromatic carbocycles. The third-order valence-electron chi connectivity index (χ3n) is 3.16.